The molecule has 3 aromatic rings. The Morgan fingerprint density at radius 1 is 1.12 bits per heavy atom. The van der Waals surface area contributed by atoms with Crippen LogP contribution in [0.2, 0.25) is 0 Å². The molecule has 0 saturated carbocycles. The maximum absolute atomic E-state index is 9.39. The van der Waals surface area contributed by atoms with Crippen LogP contribution in [-0.2, 0) is 0 Å². The van der Waals surface area contributed by atoms with Crippen LogP contribution in [0.25, 0.3) is 11.5 Å². The third-order valence-corrected chi connectivity index (χ3v) is 4.30. The van der Waals surface area contributed by atoms with Crippen molar-refractivity contribution in [2.24, 2.45) is 0 Å². The number of hydrogen-bond acceptors (Lipinski definition) is 5. The van der Waals surface area contributed by atoms with Crippen molar-refractivity contribution >= 4 is 5.88 Å². The summed E-state index contributed by atoms with van der Waals surface area (Å²) in [6.07, 6.45) is 0. The van der Waals surface area contributed by atoms with E-state index in [2.05, 4.69) is 33.4 Å². The highest BCUT2D eigenvalue weighted by Crippen LogP contribution is 2.27. The Morgan fingerprint density at radius 2 is 1.81 bits per heavy atom. The molecule has 1 aromatic heterocycles. The van der Waals surface area contributed by atoms with Gasteiger partial charge in [0.15, 0.2) is 0 Å². The second kappa shape index (κ2) is 7.85. The van der Waals surface area contributed by atoms with Crippen LogP contribution in [0, 0.1) is 18.3 Å². The average molecular weight is 346 g/mol. The molecule has 132 valence electrons. The van der Waals surface area contributed by atoms with Gasteiger partial charge in [0, 0.05) is 12.1 Å². The van der Waals surface area contributed by atoms with Gasteiger partial charge in [-0.25, -0.2) is 0 Å². The van der Waals surface area contributed by atoms with Gasteiger partial charge in [-0.2, -0.15) is 10.2 Å². The Balaban J connectivity index is 1.81. The van der Waals surface area contributed by atoms with Gasteiger partial charge in [0.25, 0.3) is 0 Å². The van der Waals surface area contributed by atoms with Crippen LogP contribution in [0.3, 0.4) is 0 Å². The molecule has 0 spiro atoms. The first-order valence-corrected chi connectivity index (χ1v) is 8.51. The van der Waals surface area contributed by atoms with Crippen molar-refractivity contribution in [3.63, 3.8) is 0 Å². The van der Waals surface area contributed by atoms with E-state index in [0.29, 0.717) is 18.3 Å². The molecule has 26 heavy (non-hydrogen) atoms. The van der Waals surface area contributed by atoms with E-state index in [9.17, 15) is 5.26 Å². The van der Waals surface area contributed by atoms with Gasteiger partial charge in [-0.1, -0.05) is 48.0 Å². The van der Waals surface area contributed by atoms with Crippen LogP contribution in [0.5, 0.6) is 0 Å². The number of hydrogen-bond donors (Lipinski definition) is 1. The van der Waals surface area contributed by atoms with Crippen molar-refractivity contribution in [3.8, 4) is 17.5 Å². The second-order valence-corrected chi connectivity index (χ2v) is 6.45. The fourth-order valence-electron chi connectivity index (χ4n) is 2.80. The van der Waals surface area contributed by atoms with Crippen LogP contribution in [0.4, 0.5) is 5.88 Å². The molecular weight excluding hydrogens is 324 g/mol. The summed E-state index contributed by atoms with van der Waals surface area (Å²) in [7, 11) is 4.06. The SMILES string of the molecule is Cc1ccc(-c2nc(C#N)c(NC[C@H](c3ccccc3)N(C)C)o2)cc1. The number of rotatable bonds is 6. The molecule has 0 aliphatic rings. The van der Waals surface area contributed by atoms with E-state index in [1.165, 1.54) is 5.56 Å². The number of likely N-dealkylation sites (N-methyl/N-ethyl adjacent to an activating group) is 1. The van der Waals surface area contributed by atoms with E-state index >= 15 is 0 Å². The van der Waals surface area contributed by atoms with Crippen molar-refractivity contribution in [1.82, 2.24) is 9.88 Å². The maximum Gasteiger partial charge on any atom is 0.232 e. The first kappa shape index (κ1) is 17.7. The van der Waals surface area contributed by atoms with Crippen LogP contribution in [0.15, 0.2) is 59.0 Å². The van der Waals surface area contributed by atoms with Crippen molar-refractivity contribution < 1.29 is 4.42 Å². The number of nitrogens with one attached hydrogen (secondary N) is 1. The summed E-state index contributed by atoms with van der Waals surface area (Å²) < 4.78 is 5.83. The summed E-state index contributed by atoms with van der Waals surface area (Å²) in [6.45, 7) is 2.63. The van der Waals surface area contributed by atoms with E-state index in [-0.39, 0.29) is 11.7 Å². The summed E-state index contributed by atoms with van der Waals surface area (Å²) in [5.74, 6) is 0.857. The lowest BCUT2D eigenvalue weighted by atomic mass is 10.1. The third kappa shape index (κ3) is 3.93. The molecule has 0 unspecified atom stereocenters. The zero-order chi connectivity index (χ0) is 18.5. The first-order valence-electron chi connectivity index (χ1n) is 8.51. The number of anilines is 1. The molecule has 2 aromatic carbocycles. The average Bonchev–Trinajstić information content (AvgIpc) is 3.06. The Hall–Kier alpha value is -3.10. The molecule has 0 aliphatic carbocycles. The van der Waals surface area contributed by atoms with Gasteiger partial charge in [-0.3, -0.25) is 0 Å². The van der Waals surface area contributed by atoms with Gasteiger partial charge in [-0.05, 0) is 38.7 Å². The molecule has 0 saturated heterocycles. The Kier molecular flexibility index (Phi) is 5.35. The highest BCUT2D eigenvalue weighted by atomic mass is 16.4. The van der Waals surface area contributed by atoms with Gasteiger partial charge in [0.1, 0.15) is 6.07 Å². The van der Waals surface area contributed by atoms with Gasteiger partial charge in [0.05, 0.1) is 6.04 Å². The first-order chi connectivity index (χ1) is 12.6. The molecule has 5 nitrogen and oxygen atoms in total. The predicted molar refractivity (Wildman–Crippen MR) is 103 cm³/mol. The van der Waals surface area contributed by atoms with E-state index in [1.54, 1.807) is 0 Å². The summed E-state index contributed by atoms with van der Waals surface area (Å²) in [6, 6.07) is 20.4. The number of benzene rings is 2. The fraction of sp³-hybridized carbons (Fsp3) is 0.238. The van der Waals surface area contributed by atoms with E-state index in [1.807, 2.05) is 63.5 Å². The lowest BCUT2D eigenvalue weighted by Crippen LogP contribution is -2.26. The van der Waals surface area contributed by atoms with Crippen molar-refractivity contribution in [3.05, 3.63) is 71.4 Å². The van der Waals surface area contributed by atoms with Gasteiger partial charge < -0.3 is 14.6 Å². The van der Waals surface area contributed by atoms with Crippen molar-refractivity contribution in [2.75, 3.05) is 26.0 Å². The van der Waals surface area contributed by atoms with Crippen molar-refractivity contribution in [1.29, 1.82) is 5.26 Å². The smallest absolute Gasteiger partial charge is 0.232 e. The van der Waals surface area contributed by atoms with E-state index in [0.717, 1.165) is 11.1 Å². The quantitative estimate of drug-likeness (QED) is 0.723. The molecule has 0 radical (unpaired) electrons. The molecule has 0 aliphatic heterocycles. The Morgan fingerprint density at radius 3 is 2.42 bits per heavy atom. The number of aromatic nitrogens is 1. The third-order valence-electron chi connectivity index (χ3n) is 4.30. The van der Waals surface area contributed by atoms with Gasteiger partial charge in [-0.15, -0.1) is 0 Å². The van der Waals surface area contributed by atoms with Crippen LogP contribution in [0.1, 0.15) is 22.9 Å². The molecule has 1 atom stereocenters. The minimum absolute atomic E-state index is 0.149. The zero-order valence-electron chi connectivity index (χ0n) is 15.2. The number of aryl methyl sites for hydroxylation is 1. The topological polar surface area (TPSA) is 65.1 Å². The molecule has 0 fully saturated rings. The normalized spacial score (nSPS) is 12.0. The van der Waals surface area contributed by atoms with Gasteiger partial charge >= 0.3 is 0 Å². The zero-order valence-corrected chi connectivity index (χ0v) is 15.2. The highest BCUT2D eigenvalue weighted by molar-refractivity contribution is 5.59. The minimum atomic E-state index is 0.149. The Bertz CT molecular complexity index is 892. The second-order valence-electron chi connectivity index (χ2n) is 6.45. The van der Waals surface area contributed by atoms with Crippen LogP contribution < -0.4 is 5.32 Å². The largest absolute Gasteiger partial charge is 0.419 e. The standard InChI is InChI=1S/C21H22N4O/c1-15-9-11-17(12-10-15)20-24-18(13-22)21(26-20)23-14-19(25(2)3)16-7-5-4-6-8-16/h4-12,19,23H,14H2,1-3H3/t19-/m1/s1. The molecule has 1 heterocycles. The van der Waals surface area contributed by atoms with E-state index < -0.39 is 0 Å². The maximum atomic E-state index is 9.39. The molecule has 5 heteroatoms. The van der Waals surface area contributed by atoms with Crippen LogP contribution in [-0.4, -0.2) is 30.5 Å². The molecule has 3 rings (SSSR count). The minimum Gasteiger partial charge on any atom is -0.419 e. The monoisotopic (exact) mass is 346 g/mol. The number of nitrogens with zero attached hydrogens (tertiary/aromatic N) is 3. The lowest BCUT2D eigenvalue weighted by molar-refractivity contribution is 0.310. The summed E-state index contributed by atoms with van der Waals surface area (Å²) in [5, 5.41) is 12.6. The number of oxazole rings is 1. The number of nitriles is 1. The molecule has 1 N–H and O–H groups in total. The lowest BCUT2D eigenvalue weighted by Gasteiger charge is -2.24. The molecular formula is C21H22N4O. The van der Waals surface area contributed by atoms with Crippen LogP contribution >= 0.6 is 0 Å². The van der Waals surface area contributed by atoms with Crippen molar-refractivity contribution in [2.45, 2.75) is 13.0 Å². The fourth-order valence-corrected chi connectivity index (χ4v) is 2.80. The highest BCUT2D eigenvalue weighted by Gasteiger charge is 2.18. The Labute approximate surface area is 153 Å². The molecule has 0 amide bonds. The van der Waals surface area contributed by atoms with Gasteiger partial charge in [0.2, 0.25) is 17.5 Å². The predicted octanol–water partition coefficient (Wildman–Crippen LogP) is 4.24. The summed E-state index contributed by atoms with van der Waals surface area (Å²) in [4.78, 5) is 6.45. The summed E-state index contributed by atoms with van der Waals surface area (Å²) >= 11 is 0. The van der Waals surface area contributed by atoms with E-state index in [4.69, 9.17) is 4.42 Å². The summed E-state index contributed by atoms with van der Waals surface area (Å²) in [5.41, 5.74) is 3.48. The molecule has 0 bridgehead atoms.